The summed E-state index contributed by atoms with van der Waals surface area (Å²) in [7, 11) is 1.67. The lowest BCUT2D eigenvalue weighted by Gasteiger charge is -2.18. The summed E-state index contributed by atoms with van der Waals surface area (Å²) in [6, 6.07) is 4.80. The van der Waals surface area contributed by atoms with Crippen LogP contribution in [0.5, 0.6) is 0 Å². The first-order valence-electron chi connectivity index (χ1n) is 12.5. The van der Waals surface area contributed by atoms with Gasteiger partial charge in [-0.05, 0) is 44.2 Å². The van der Waals surface area contributed by atoms with Crippen LogP contribution in [0.2, 0.25) is 0 Å². The Morgan fingerprint density at radius 2 is 1.38 bits per heavy atom. The Hall–Kier alpha value is -1.95. The highest BCUT2D eigenvalue weighted by atomic mass is 16.5. The van der Waals surface area contributed by atoms with Crippen molar-refractivity contribution < 1.29 is 23.8 Å². The van der Waals surface area contributed by atoms with Gasteiger partial charge in [0.1, 0.15) is 17.5 Å². The molecule has 32 heavy (non-hydrogen) atoms. The minimum atomic E-state index is -0.496. The lowest BCUT2D eigenvalue weighted by Crippen LogP contribution is -2.21. The van der Waals surface area contributed by atoms with Crippen molar-refractivity contribution in [1.29, 1.82) is 0 Å². The van der Waals surface area contributed by atoms with Crippen LogP contribution in [0.1, 0.15) is 118 Å². The molecule has 1 aromatic heterocycles. The van der Waals surface area contributed by atoms with Crippen molar-refractivity contribution in [1.82, 2.24) is 4.98 Å². The first kappa shape index (κ1) is 28.1. The van der Waals surface area contributed by atoms with E-state index in [9.17, 15) is 9.59 Å². The highest BCUT2D eigenvalue weighted by Gasteiger charge is 2.19. The summed E-state index contributed by atoms with van der Waals surface area (Å²) in [6.45, 7) is 5.38. The summed E-state index contributed by atoms with van der Waals surface area (Å²) in [6.07, 6.45) is 13.5. The standard InChI is InChI=1S/C26H43NO5/c1-4-6-8-10-11-13-21-31-25(28)23-18-14-19-24(27-23)26(29)32-22(17-15-20-30-3)16-12-9-7-5-2/h14,18-19,22H,4-13,15-17,20-21H2,1-3H3. The maximum absolute atomic E-state index is 12.7. The Balaban J connectivity index is 2.54. The number of ether oxygens (including phenoxy) is 3. The van der Waals surface area contributed by atoms with Crippen LogP contribution >= 0.6 is 0 Å². The molecule has 0 saturated carbocycles. The van der Waals surface area contributed by atoms with Crippen LogP contribution in [0.15, 0.2) is 18.2 Å². The average Bonchev–Trinajstić information content (AvgIpc) is 2.81. The third kappa shape index (κ3) is 12.8. The number of esters is 2. The van der Waals surface area contributed by atoms with E-state index in [0.29, 0.717) is 13.2 Å². The van der Waals surface area contributed by atoms with E-state index < -0.39 is 11.9 Å². The zero-order valence-electron chi connectivity index (χ0n) is 20.4. The van der Waals surface area contributed by atoms with Gasteiger partial charge in [-0.1, -0.05) is 71.3 Å². The summed E-state index contributed by atoms with van der Waals surface area (Å²) in [5, 5.41) is 0. The van der Waals surface area contributed by atoms with Crippen molar-refractivity contribution in [2.45, 2.75) is 103 Å². The highest BCUT2D eigenvalue weighted by molar-refractivity contribution is 5.91. The van der Waals surface area contributed by atoms with Crippen LogP contribution in [-0.2, 0) is 14.2 Å². The van der Waals surface area contributed by atoms with Crippen LogP contribution in [0.25, 0.3) is 0 Å². The van der Waals surface area contributed by atoms with Crippen molar-refractivity contribution in [3.05, 3.63) is 29.6 Å². The molecule has 0 aliphatic heterocycles. The summed E-state index contributed by atoms with van der Waals surface area (Å²) in [5.41, 5.74) is 0.286. The van der Waals surface area contributed by atoms with Crippen LogP contribution in [0.3, 0.4) is 0 Å². The number of methoxy groups -OCH3 is 1. The molecule has 0 amide bonds. The van der Waals surface area contributed by atoms with E-state index in [4.69, 9.17) is 14.2 Å². The first-order chi connectivity index (χ1) is 15.6. The fourth-order valence-corrected chi connectivity index (χ4v) is 3.51. The molecule has 0 saturated heterocycles. The van der Waals surface area contributed by atoms with Gasteiger partial charge in [0.15, 0.2) is 0 Å². The molecule has 6 heteroatoms. The number of carbonyl (C=O) groups is 2. The molecule has 182 valence electrons. The molecule has 0 radical (unpaired) electrons. The minimum absolute atomic E-state index is 0.143. The van der Waals surface area contributed by atoms with Gasteiger partial charge in [-0.15, -0.1) is 0 Å². The number of rotatable bonds is 19. The van der Waals surface area contributed by atoms with Gasteiger partial charge in [0.2, 0.25) is 0 Å². The number of hydrogen-bond acceptors (Lipinski definition) is 6. The molecule has 1 aromatic rings. The summed E-state index contributed by atoms with van der Waals surface area (Å²) in [5.74, 6) is -0.988. The van der Waals surface area contributed by atoms with Crippen molar-refractivity contribution in [3.63, 3.8) is 0 Å². The Morgan fingerprint density at radius 3 is 2.06 bits per heavy atom. The van der Waals surface area contributed by atoms with Gasteiger partial charge >= 0.3 is 11.9 Å². The lowest BCUT2D eigenvalue weighted by molar-refractivity contribution is 0.0225. The second-order valence-corrected chi connectivity index (χ2v) is 8.32. The third-order valence-corrected chi connectivity index (χ3v) is 5.43. The monoisotopic (exact) mass is 449 g/mol. The van der Waals surface area contributed by atoms with E-state index >= 15 is 0 Å². The number of unbranched alkanes of at least 4 members (excludes halogenated alkanes) is 8. The molecule has 0 bridgehead atoms. The molecule has 0 aliphatic carbocycles. The molecule has 6 nitrogen and oxygen atoms in total. The van der Waals surface area contributed by atoms with Crippen LogP contribution in [0.4, 0.5) is 0 Å². The van der Waals surface area contributed by atoms with E-state index in [1.165, 1.54) is 32.1 Å². The molecule has 0 fully saturated rings. The van der Waals surface area contributed by atoms with E-state index in [1.54, 1.807) is 25.3 Å². The van der Waals surface area contributed by atoms with Gasteiger partial charge in [-0.2, -0.15) is 0 Å². The van der Waals surface area contributed by atoms with Gasteiger partial charge < -0.3 is 14.2 Å². The molecule has 0 N–H and O–H groups in total. The Labute approximate surface area is 194 Å². The maximum atomic E-state index is 12.7. The molecule has 1 heterocycles. The fourth-order valence-electron chi connectivity index (χ4n) is 3.51. The SMILES string of the molecule is CCCCCCCCOC(=O)c1cccc(C(=O)OC(CCCCCC)CCCOC)n1. The molecular formula is C26H43NO5. The maximum Gasteiger partial charge on any atom is 0.357 e. The highest BCUT2D eigenvalue weighted by Crippen LogP contribution is 2.15. The largest absolute Gasteiger partial charge is 0.461 e. The average molecular weight is 450 g/mol. The Bertz CT molecular complexity index is 634. The predicted octanol–water partition coefficient (Wildman–Crippen LogP) is 6.52. The van der Waals surface area contributed by atoms with Crippen LogP contribution in [-0.4, -0.2) is 43.4 Å². The number of nitrogens with zero attached hydrogens (tertiary/aromatic N) is 1. The van der Waals surface area contributed by atoms with Gasteiger partial charge in [-0.3, -0.25) is 0 Å². The van der Waals surface area contributed by atoms with E-state index in [-0.39, 0.29) is 17.5 Å². The molecule has 0 aliphatic rings. The van der Waals surface area contributed by atoms with Gasteiger partial charge in [0, 0.05) is 13.7 Å². The lowest BCUT2D eigenvalue weighted by atomic mass is 10.1. The van der Waals surface area contributed by atoms with Crippen LogP contribution < -0.4 is 0 Å². The fraction of sp³-hybridized carbons (Fsp3) is 0.731. The zero-order chi connectivity index (χ0) is 23.4. The van der Waals surface area contributed by atoms with Gasteiger partial charge in [0.05, 0.1) is 6.61 Å². The van der Waals surface area contributed by atoms with Crippen molar-refractivity contribution in [2.24, 2.45) is 0 Å². The van der Waals surface area contributed by atoms with E-state index in [1.807, 2.05) is 0 Å². The smallest absolute Gasteiger partial charge is 0.357 e. The van der Waals surface area contributed by atoms with E-state index in [0.717, 1.165) is 51.4 Å². The first-order valence-corrected chi connectivity index (χ1v) is 12.5. The Kier molecular flexibility index (Phi) is 16.3. The normalized spacial score (nSPS) is 11.8. The van der Waals surface area contributed by atoms with Crippen LogP contribution in [0, 0.1) is 0 Å². The topological polar surface area (TPSA) is 74.7 Å². The van der Waals surface area contributed by atoms with E-state index in [2.05, 4.69) is 18.8 Å². The Morgan fingerprint density at radius 1 is 0.781 bits per heavy atom. The molecule has 0 aromatic carbocycles. The van der Waals surface area contributed by atoms with Crippen molar-refractivity contribution in [2.75, 3.05) is 20.3 Å². The predicted molar refractivity (Wildman–Crippen MR) is 127 cm³/mol. The van der Waals surface area contributed by atoms with Crippen molar-refractivity contribution >= 4 is 11.9 Å². The molecule has 1 rings (SSSR count). The number of hydrogen-bond donors (Lipinski definition) is 0. The third-order valence-electron chi connectivity index (χ3n) is 5.43. The quantitative estimate of drug-likeness (QED) is 0.177. The summed E-state index contributed by atoms with van der Waals surface area (Å²) < 4.78 is 16.2. The molecule has 1 atom stereocenters. The van der Waals surface area contributed by atoms with Gasteiger partial charge in [0.25, 0.3) is 0 Å². The number of carbonyl (C=O) groups excluding carboxylic acids is 2. The molecule has 0 spiro atoms. The molecule has 1 unspecified atom stereocenters. The number of pyridine rings is 1. The second kappa shape index (κ2) is 18.6. The summed E-state index contributed by atoms with van der Waals surface area (Å²) >= 11 is 0. The number of aromatic nitrogens is 1. The zero-order valence-corrected chi connectivity index (χ0v) is 20.4. The van der Waals surface area contributed by atoms with Gasteiger partial charge in [-0.25, -0.2) is 14.6 Å². The minimum Gasteiger partial charge on any atom is -0.461 e. The van der Waals surface area contributed by atoms with Crippen molar-refractivity contribution in [3.8, 4) is 0 Å². The molecular weight excluding hydrogens is 406 g/mol. The second-order valence-electron chi connectivity index (χ2n) is 8.32. The summed E-state index contributed by atoms with van der Waals surface area (Å²) in [4.78, 5) is 29.2.